The molecule has 5 nitrogen and oxygen atoms in total. The standard InChI is InChI=1S/C13H25N3O2/c1-3-13(6-9-14-10-7-13)12(18)16-8-5-11(17)15-4-2/h14H,3-10H2,1-2H3,(H,15,17)(H,16,18). The first-order valence-electron chi connectivity index (χ1n) is 6.90. The highest BCUT2D eigenvalue weighted by Gasteiger charge is 2.37. The summed E-state index contributed by atoms with van der Waals surface area (Å²) in [7, 11) is 0. The van der Waals surface area contributed by atoms with E-state index in [-0.39, 0.29) is 17.2 Å². The van der Waals surface area contributed by atoms with Gasteiger partial charge in [0.15, 0.2) is 0 Å². The van der Waals surface area contributed by atoms with Gasteiger partial charge < -0.3 is 16.0 Å². The van der Waals surface area contributed by atoms with Crippen molar-refractivity contribution in [3.05, 3.63) is 0 Å². The van der Waals surface area contributed by atoms with E-state index >= 15 is 0 Å². The molecule has 2 amide bonds. The summed E-state index contributed by atoms with van der Waals surface area (Å²) in [6.07, 6.45) is 2.99. The van der Waals surface area contributed by atoms with Crippen LogP contribution in [-0.2, 0) is 9.59 Å². The number of nitrogens with one attached hydrogen (secondary N) is 3. The molecule has 1 aliphatic heterocycles. The molecular weight excluding hydrogens is 230 g/mol. The molecule has 104 valence electrons. The van der Waals surface area contributed by atoms with E-state index in [9.17, 15) is 9.59 Å². The Kier molecular flexibility index (Phi) is 6.12. The van der Waals surface area contributed by atoms with Crippen LogP contribution in [0.1, 0.15) is 39.5 Å². The zero-order chi connectivity index (χ0) is 13.4. The molecule has 1 fully saturated rings. The molecule has 0 atom stereocenters. The highest BCUT2D eigenvalue weighted by Crippen LogP contribution is 2.32. The second kappa shape index (κ2) is 7.36. The molecule has 0 aromatic carbocycles. The number of carbonyl (C=O) groups excluding carboxylic acids is 2. The van der Waals surface area contributed by atoms with E-state index in [0.717, 1.165) is 32.4 Å². The van der Waals surface area contributed by atoms with Crippen LogP contribution in [0.25, 0.3) is 0 Å². The quantitative estimate of drug-likeness (QED) is 0.644. The van der Waals surface area contributed by atoms with Gasteiger partial charge in [-0.05, 0) is 39.3 Å². The molecule has 1 rings (SSSR count). The van der Waals surface area contributed by atoms with E-state index < -0.39 is 0 Å². The van der Waals surface area contributed by atoms with Crippen LogP contribution < -0.4 is 16.0 Å². The number of amides is 2. The minimum absolute atomic E-state index is 0.00587. The number of carbonyl (C=O) groups is 2. The molecule has 0 saturated carbocycles. The van der Waals surface area contributed by atoms with Crippen molar-refractivity contribution >= 4 is 11.8 Å². The van der Waals surface area contributed by atoms with Gasteiger partial charge >= 0.3 is 0 Å². The van der Waals surface area contributed by atoms with Gasteiger partial charge in [0.05, 0.1) is 5.41 Å². The third kappa shape index (κ3) is 3.98. The Labute approximate surface area is 109 Å². The molecule has 1 heterocycles. The van der Waals surface area contributed by atoms with Crippen molar-refractivity contribution < 1.29 is 9.59 Å². The fourth-order valence-electron chi connectivity index (χ4n) is 2.41. The van der Waals surface area contributed by atoms with Crippen molar-refractivity contribution in [1.82, 2.24) is 16.0 Å². The van der Waals surface area contributed by atoms with Gasteiger partial charge in [-0.1, -0.05) is 6.92 Å². The second-order valence-electron chi connectivity index (χ2n) is 4.84. The summed E-state index contributed by atoms with van der Waals surface area (Å²) in [4.78, 5) is 23.5. The predicted octanol–water partition coefficient (Wildman–Crippen LogP) is 0.409. The Hall–Kier alpha value is -1.10. The van der Waals surface area contributed by atoms with Crippen LogP contribution in [0.2, 0.25) is 0 Å². The first-order valence-corrected chi connectivity index (χ1v) is 6.90. The Morgan fingerprint density at radius 3 is 2.39 bits per heavy atom. The average Bonchev–Trinajstić information content (AvgIpc) is 2.39. The zero-order valence-electron chi connectivity index (χ0n) is 11.5. The average molecular weight is 255 g/mol. The van der Waals surface area contributed by atoms with Crippen LogP contribution in [0.4, 0.5) is 0 Å². The first kappa shape index (κ1) is 15.0. The SMILES string of the molecule is CCNC(=O)CCNC(=O)C1(CC)CCNCC1. The summed E-state index contributed by atoms with van der Waals surface area (Å²) >= 11 is 0. The summed E-state index contributed by atoms with van der Waals surface area (Å²) < 4.78 is 0. The highest BCUT2D eigenvalue weighted by atomic mass is 16.2. The number of rotatable bonds is 6. The summed E-state index contributed by atoms with van der Waals surface area (Å²) in [5, 5.41) is 8.90. The molecule has 0 aromatic heterocycles. The van der Waals surface area contributed by atoms with E-state index in [4.69, 9.17) is 0 Å². The highest BCUT2D eigenvalue weighted by molar-refractivity contribution is 5.83. The Morgan fingerprint density at radius 2 is 1.83 bits per heavy atom. The van der Waals surface area contributed by atoms with Crippen molar-refractivity contribution in [2.24, 2.45) is 5.41 Å². The Balaban J connectivity index is 2.36. The van der Waals surface area contributed by atoms with Crippen LogP contribution in [0.3, 0.4) is 0 Å². The smallest absolute Gasteiger partial charge is 0.226 e. The largest absolute Gasteiger partial charge is 0.356 e. The third-order valence-electron chi connectivity index (χ3n) is 3.73. The fraction of sp³-hybridized carbons (Fsp3) is 0.846. The van der Waals surface area contributed by atoms with Crippen LogP contribution in [0.15, 0.2) is 0 Å². The zero-order valence-corrected chi connectivity index (χ0v) is 11.5. The lowest BCUT2D eigenvalue weighted by Gasteiger charge is -2.35. The minimum Gasteiger partial charge on any atom is -0.356 e. The lowest BCUT2D eigenvalue weighted by atomic mass is 9.76. The van der Waals surface area contributed by atoms with Crippen LogP contribution in [0.5, 0.6) is 0 Å². The molecule has 0 bridgehead atoms. The topological polar surface area (TPSA) is 70.2 Å². The predicted molar refractivity (Wildman–Crippen MR) is 71.1 cm³/mol. The van der Waals surface area contributed by atoms with Gasteiger partial charge in [-0.2, -0.15) is 0 Å². The number of hydrogen-bond acceptors (Lipinski definition) is 3. The summed E-state index contributed by atoms with van der Waals surface area (Å²) in [5.74, 6) is 0.101. The molecule has 1 saturated heterocycles. The summed E-state index contributed by atoms with van der Waals surface area (Å²) in [5.41, 5.74) is -0.230. The molecule has 0 aliphatic carbocycles. The third-order valence-corrected chi connectivity index (χ3v) is 3.73. The fourth-order valence-corrected chi connectivity index (χ4v) is 2.41. The van der Waals surface area contributed by atoms with Gasteiger partial charge in [-0.3, -0.25) is 9.59 Å². The van der Waals surface area contributed by atoms with Gasteiger partial charge in [0.2, 0.25) is 11.8 Å². The van der Waals surface area contributed by atoms with Gasteiger partial charge in [-0.15, -0.1) is 0 Å². The van der Waals surface area contributed by atoms with E-state index in [1.54, 1.807) is 0 Å². The van der Waals surface area contributed by atoms with Crippen molar-refractivity contribution in [3.63, 3.8) is 0 Å². The molecule has 3 N–H and O–H groups in total. The van der Waals surface area contributed by atoms with Crippen LogP contribution in [0, 0.1) is 5.41 Å². The summed E-state index contributed by atoms with van der Waals surface area (Å²) in [6.45, 7) is 6.82. The van der Waals surface area contributed by atoms with E-state index in [1.165, 1.54) is 0 Å². The maximum atomic E-state index is 12.2. The molecule has 18 heavy (non-hydrogen) atoms. The molecule has 0 radical (unpaired) electrons. The molecule has 0 unspecified atom stereocenters. The Bertz CT molecular complexity index is 286. The van der Waals surface area contributed by atoms with Gasteiger partial charge in [-0.25, -0.2) is 0 Å². The first-order chi connectivity index (χ1) is 8.64. The Morgan fingerprint density at radius 1 is 1.17 bits per heavy atom. The van der Waals surface area contributed by atoms with E-state index in [0.29, 0.717) is 19.5 Å². The molecule has 0 spiro atoms. The van der Waals surface area contributed by atoms with Crippen molar-refractivity contribution in [2.75, 3.05) is 26.2 Å². The maximum absolute atomic E-state index is 12.2. The lowest BCUT2D eigenvalue weighted by molar-refractivity contribution is -0.133. The van der Waals surface area contributed by atoms with Crippen molar-refractivity contribution in [3.8, 4) is 0 Å². The van der Waals surface area contributed by atoms with Crippen LogP contribution in [-0.4, -0.2) is 38.0 Å². The summed E-state index contributed by atoms with van der Waals surface area (Å²) in [6, 6.07) is 0. The molecular formula is C13H25N3O2. The lowest BCUT2D eigenvalue weighted by Crippen LogP contribution is -2.47. The molecule has 0 aromatic rings. The molecule has 5 heteroatoms. The van der Waals surface area contributed by atoms with Crippen molar-refractivity contribution in [1.29, 1.82) is 0 Å². The normalized spacial score (nSPS) is 18.1. The molecule has 1 aliphatic rings. The monoisotopic (exact) mass is 255 g/mol. The number of piperidine rings is 1. The second-order valence-corrected chi connectivity index (χ2v) is 4.84. The van der Waals surface area contributed by atoms with E-state index in [2.05, 4.69) is 22.9 Å². The van der Waals surface area contributed by atoms with E-state index in [1.807, 2.05) is 6.92 Å². The van der Waals surface area contributed by atoms with Gasteiger partial charge in [0.1, 0.15) is 0 Å². The van der Waals surface area contributed by atoms with Gasteiger partial charge in [0.25, 0.3) is 0 Å². The maximum Gasteiger partial charge on any atom is 0.226 e. The van der Waals surface area contributed by atoms with Crippen LogP contribution >= 0.6 is 0 Å². The minimum atomic E-state index is -0.230. The number of hydrogen-bond donors (Lipinski definition) is 3. The van der Waals surface area contributed by atoms with Crippen molar-refractivity contribution in [2.45, 2.75) is 39.5 Å². The van der Waals surface area contributed by atoms with Gasteiger partial charge in [0, 0.05) is 19.5 Å².